The molecule has 0 saturated carbocycles. The first kappa shape index (κ1) is 22.0. The fourth-order valence-corrected chi connectivity index (χ4v) is 6.40. The molecule has 0 radical (unpaired) electrons. The molecule has 0 amide bonds. The van der Waals surface area contributed by atoms with Crippen molar-refractivity contribution < 1.29 is 0 Å². The van der Waals surface area contributed by atoms with Gasteiger partial charge in [-0.3, -0.25) is 14.7 Å². The van der Waals surface area contributed by atoms with Gasteiger partial charge in [-0.05, 0) is 118 Å². The fourth-order valence-electron chi connectivity index (χ4n) is 6.40. The zero-order valence-corrected chi connectivity index (χ0v) is 20.3. The summed E-state index contributed by atoms with van der Waals surface area (Å²) in [4.78, 5) is 11.1. The van der Waals surface area contributed by atoms with Gasteiger partial charge in [0, 0.05) is 42.8 Å². The van der Waals surface area contributed by atoms with Crippen molar-refractivity contribution in [3.63, 3.8) is 0 Å². The molecule has 4 heterocycles. The molecule has 4 fully saturated rings. The number of hydrogen-bond acceptors (Lipinski definition) is 4. The lowest BCUT2D eigenvalue weighted by molar-refractivity contribution is -0.0973. The lowest BCUT2D eigenvalue weighted by Crippen LogP contribution is -2.65. The van der Waals surface area contributed by atoms with Crippen molar-refractivity contribution in [1.82, 2.24) is 19.6 Å². The predicted octanol–water partition coefficient (Wildman–Crippen LogP) is 3.91. The molecular formula is C25H48N4. The third-order valence-electron chi connectivity index (χ3n) is 8.74. The monoisotopic (exact) mass is 404 g/mol. The van der Waals surface area contributed by atoms with Crippen LogP contribution < -0.4 is 0 Å². The minimum absolute atomic E-state index is 0.324. The lowest BCUT2D eigenvalue weighted by Gasteiger charge is -2.59. The Labute approximate surface area is 181 Å². The van der Waals surface area contributed by atoms with Crippen LogP contribution in [0.25, 0.3) is 0 Å². The van der Waals surface area contributed by atoms with Gasteiger partial charge in [0.05, 0.1) is 0 Å². The van der Waals surface area contributed by atoms with Crippen molar-refractivity contribution in [2.24, 2.45) is 5.41 Å². The molecule has 0 aromatic rings. The highest BCUT2D eigenvalue weighted by Gasteiger charge is 2.48. The Balaban J connectivity index is 1.21. The quantitative estimate of drug-likeness (QED) is 0.692. The van der Waals surface area contributed by atoms with Crippen molar-refractivity contribution in [2.45, 2.75) is 103 Å². The largest absolute Gasteiger partial charge is 0.300 e. The van der Waals surface area contributed by atoms with Gasteiger partial charge in [0.1, 0.15) is 0 Å². The second-order valence-electron chi connectivity index (χ2n) is 12.7. The summed E-state index contributed by atoms with van der Waals surface area (Å²) in [5, 5.41) is 0. The molecule has 4 saturated heterocycles. The summed E-state index contributed by atoms with van der Waals surface area (Å²) in [5.74, 6) is 0. The highest BCUT2D eigenvalue weighted by Crippen LogP contribution is 2.44. The molecule has 0 aliphatic carbocycles. The van der Waals surface area contributed by atoms with Gasteiger partial charge in [0.2, 0.25) is 0 Å². The van der Waals surface area contributed by atoms with Crippen LogP contribution in [-0.4, -0.2) is 95.1 Å². The van der Waals surface area contributed by atoms with E-state index in [4.69, 9.17) is 0 Å². The molecule has 29 heavy (non-hydrogen) atoms. The Morgan fingerprint density at radius 3 is 1.72 bits per heavy atom. The summed E-state index contributed by atoms with van der Waals surface area (Å²) in [6.45, 7) is 24.9. The van der Waals surface area contributed by atoms with E-state index in [9.17, 15) is 0 Å². The highest BCUT2D eigenvalue weighted by molar-refractivity contribution is 5.02. The van der Waals surface area contributed by atoms with Gasteiger partial charge in [-0.25, -0.2) is 0 Å². The van der Waals surface area contributed by atoms with Crippen molar-refractivity contribution in [1.29, 1.82) is 0 Å². The Morgan fingerprint density at radius 2 is 1.17 bits per heavy atom. The SMILES string of the molecule is CC(C)(C)N1CCCC(N2CCC(N3CCC4(CC3)CN(C(C)(C)C)C4)CC2)C1. The molecule has 0 N–H and O–H groups in total. The maximum Gasteiger partial charge on any atom is 0.0223 e. The molecule has 4 nitrogen and oxygen atoms in total. The molecule has 1 atom stereocenters. The minimum atomic E-state index is 0.324. The Kier molecular flexibility index (Phi) is 6.14. The van der Waals surface area contributed by atoms with E-state index in [0.29, 0.717) is 16.5 Å². The van der Waals surface area contributed by atoms with Crippen LogP contribution in [0.15, 0.2) is 0 Å². The second kappa shape index (κ2) is 8.07. The van der Waals surface area contributed by atoms with Crippen LogP contribution >= 0.6 is 0 Å². The number of piperidine rings is 3. The van der Waals surface area contributed by atoms with Gasteiger partial charge in [0.25, 0.3) is 0 Å². The normalized spacial score (nSPS) is 31.9. The third-order valence-corrected chi connectivity index (χ3v) is 8.74. The molecule has 4 heteroatoms. The van der Waals surface area contributed by atoms with Gasteiger partial charge >= 0.3 is 0 Å². The molecule has 168 valence electrons. The standard InChI is InChI=1S/C25H48N4/c1-23(2,3)28-13-7-8-22(18-28)26-14-9-21(10-15-26)27-16-11-25(12-17-27)19-29(20-25)24(4,5)6/h21-22H,7-20H2,1-6H3. The van der Waals surface area contributed by atoms with Crippen LogP contribution in [0.3, 0.4) is 0 Å². The number of rotatable bonds is 2. The van der Waals surface area contributed by atoms with E-state index >= 15 is 0 Å². The van der Waals surface area contributed by atoms with Crippen LogP contribution in [-0.2, 0) is 0 Å². The first-order chi connectivity index (χ1) is 13.6. The molecule has 1 spiro atoms. The molecule has 4 rings (SSSR count). The van der Waals surface area contributed by atoms with Gasteiger partial charge in [-0.1, -0.05) is 0 Å². The maximum absolute atomic E-state index is 2.87. The van der Waals surface area contributed by atoms with Gasteiger partial charge in [-0.2, -0.15) is 0 Å². The van der Waals surface area contributed by atoms with Crippen molar-refractivity contribution in [2.75, 3.05) is 52.4 Å². The Morgan fingerprint density at radius 1 is 0.621 bits per heavy atom. The smallest absolute Gasteiger partial charge is 0.0223 e. The summed E-state index contributed by atoms with van der Waals surface area (Å²) >= 11 is 0. The number of likely N-dealkylation sites (tertiary alicyclic amines) is 4. The van der Waals surface area contributed by atoms with Gasteiger partial charge in [0.15, 0.2) is 0 Å². The number of hydrogen-bond donors (Lipinski definition) is 0. The average molecular weight is 405 g/mol. The minimum Gasteiger partial charge on any atom is -0.300 e. The summed E-state index contributed by atoms with van der Waals surface area (Å²) in [5.41, 5.74) is 1.34. The Bertz CT molecular complexity index is 536. The predicted molar refractivity (Wildman–Crippen MR) is 124 cm³/mol. The van der Waals surface area contributed by atoms with Gasteiger partial charge < -0.3 is 4.90 Å². The molecule has 1 unspecified atom stereocenters. The molecule has 0 aromatic heterocycles. The summed E-state index contributed by atoms with van der Waals surface area (Å²) in [7, 11) is 0. The van der Waals surface area contributed by atoms with Crippen LogP contribution in [0, 0.1) is 5.41 Å². The summed E-state index contributed by atoms with van der Waals surface area (Å²) in [6, 6.07) is 1.65. The van der Waals surface area contributed by atoms with E-state index < -0.39 is 0 Å². The average Bonchev–Trinajstić information content (AvgIpc) is 2.65. The van der Waals surface area contributed by atoms with Crippen LogP contribution in [0.2, 0.25) is 0 Å². The van der Waals surface area contributed by atoms with Crippen molar-refractivity contribution in [3.05, 3.63) is 0 Å². The van der Waals surface area contributed by atoms with Crippen LogP contribution in [0.1, 0.15) is 80.1 Å². The van der Waals surface area contributed by atoms with Crippen LogP contribution in [0.4, 0.5) is 0 Å². The third kappa shape index (κ3) is 4.86. The van der Waals surface area contributed by atoms with E-state index in [1.165, 1.54) is 90.9 Å². The van der Waals surface area contributed by atoms with E-state index in [2.05, 4.69) is 61.1 Å². The molecule has 4 aliphatic heterocycles. The molecule has 0 aromatic carbocycles. The molecule has 0 bridgehead atoms. The topological polar surface area (TPSA) is 13.0 Å². The van der Waals surface area contributed by atoms with E-state index in [0.717, 1.165) is 12.1 Å². The van der Waals surface area contributed by atoms with E-state index in [1.54, 1.807) is 0 Å². The molecule has 4 aliphatic rings. The highest BCUT2D eigenvalue weighted by atomic mass is 15.3. The fraction of sp³-hybridized carbons (Fsp3) is 1.00. The zero-order valence-electron chi connectivity index (χ0n) is 20.3. The second-order valence-corrected chi connectivity index (χ2v) is 12.7. The summed E-state index contributed by atoms with van der Waals surface area (Å²) < 4.78 is 0. The maximum atomic E-state index is 2.87. The van der Waals surface area contributed by atoms with Crippen molar-refractivity contribution >= 4 is 0 Å². The summed E-state index contributed by atoms with van der Waals surface area (Å²) in [6.07, 6.45) is 8.45. The number of nitrogens with zero attached hydrogens (tertiary/aromatic N) is 4. The first-order valence-corrected chi connectivity index (χ1v) is 12.5. The van der Waals surface area contributed by atoms with E-state index in [1.807, 2.05) is 0 Å². The molecular weight excluding hydrogens is 356 g/mol. The lowest BCUT2D eigenvalue weighted by atomic mass is 9.70. The van der Waals surface area contributed by atoms with E-state index in [-0.39, 0.29) is 0 Å². The van der Waals surface area contributed by atoms with Crippen molar-refractivity contribution in [3.8, 4) is 0 Å². The van der Waals surface area contributed by atoms with Gasteiger partial charge in [-0.15, -0.1) is 0 Å². The first-order valence-electron chi connectivity index (χ1n) is 12.5. The zero-order chi connectivity index (χ0) is 20.9. The van der Waals surface area contributed by atoms with Crippen LogP contribution in [0.5, 0.6) is 0 Å². The Hall–Kier alpha value is -0.160.